The third-order valence-electron chi connectivity index (χ3n) is 2.83. The topological polar surface area (TPSA) is 76.7 Å². The fraction of sp³-hybridized carbons (Fsp3) is 0.308. The molecule has 0 saturated carbocycles. The SMILES string of the molecule is CSc1ccc(C(C)Nc2nc(N)nc(C(Cl)Cl)n2)cc1. The van der Waals surface area contributed by atoms with E-state index in [1.54, 1.807) is 11.8 Å². The smallest absolute Gasteiger partial charge is 0.228 e. The van der Waals surface area contributed by atoms with Crippen LogP contribution in [0.5, 0.6) is 0 Å². The number of nitrogens with one attached hydrogen (secondary N) is 1. The average Bonchev–Trinajstić information content (AvgIpc) is 2.46. The Morgan fingerprint density at radius 2 is 1.81 bits per heavy atom. The van der Waals surface area contributed by atoms with Crippen molar-refractivity contribution in [3.8, 4) is 0 Å². The maximum absolute atomic E-state index is 5.76. The van der Waals surface area contributed by atoms with Gasteiger partial charge in [0, 0.05) is 4.90 Å². The molecular formula is C13H15Cl2N5S. The summed E-state index contributed by atoms with van der Waals surface area (Å²) in [5, 5.41) is 3.17. The number of nitrogen functional groups attached to an aromatic ring is 1. The number of halogens is 2. The fourth-order valence-corrected chi connectivity index (χ4v) is 2.34. The largest absolute Gasteiger partial charge is 0.368 e. The zero-order valence-electron chi connectivity index (χ0n) is 11.5. The molecule has 0 aliphatic heterocycles. The van der Waals surface area contributed by atoms with Gasteiger partial charge in [0.25, 0.3) is 0 Å². The minimum atomic E-state index is -0.841. The van der Waals surface area contributed by atoms with Crippen molar-refractivity contribution in [2.24, 2.45) is 0 Å². The molecule has 8 heteroatoms. The highest BCUT2D eigenvalue weighted by molar-refractivity contribution is 7.98. The first kappa shape index (κ1) is 16.1. The summed E-state index contributed by atoms with van der Waals surface area (Å²) < 4.78 is 0. The van der Waals surface area contributed by atoms with Crippen LogP contribution in [-0.4, -0.2) is 21.2 Å². The molecule has 0 spiro atoms. The number of nitrogens with two attached hydrogens (primary N) is 1. The molecule has 1 heterocycles. The molecule has 0 radical (unpaired) electrons. The van der Waals surface area contributed by atoms with Crippen molar-refractivity contribution in [2.75, 3.05) is 17.3 Å². The molecule has 1 aromatic heterocycles. The number of rotatable bonds is 5. The molecule has 0 aliphatic carbocycles. The van der Waals surface area contributed by atoms with Crippen molar-refractivity contribution >= 4 is 46.9 Å². The van der Waals surface area contributed by atoms with Crippen LogP contribution in [0.4, 0.5) is 11.9 Å². The Morgan fingerprint density at radius 3 is 2.38 bits per heavy atom. The van der Waals surface area contributed by atoms with Crippen molar-refractivity contribution in [2.45, 2.75) is 22.7 Å². The number of thioether (sulfide) groups is 1. The quantitative estimate of drug-likeness (QED) is 0.634. The van der Waals surface area contributed by atoms with E-state index in [1.165, 1.54) is 4.90 Å². The van der Waals surface area contributed by atoms with Crippen molar-refractivity contribution in [3.05, 3.63) is 35.7 Å². The Balaban J connectivity index is 2.16. The van der Waals surface area contributed by atoms with Gasteiger partial charge < -0.3 is 11.1 Å². The summed E-state index contributed by atoms with van der Waals surface area (Å²) in [7, 11) is 0. The van der Waals surface area contributed by atoms with Gasteiger partial charge in [0.2, 0.25) is 11.9 Å². The first-order valence-corrected chi connectivity index (χ1v) is 8.29. The van der Waals surface area contributed by atoms with Crippen LogP contribution < -0.4 is 11.1 Å². The second-order valence-corrected chi connectivity index (χ2v) is 6.29. The molecule has 0 bridgehead atoms. The molecule has 21 heavy (non-hydrogen) atoms. The van der Waals surface area contributed by atoms with E-state index in [2.05, 4.69) is 44.5 Å². The first-order valence-electron chi connectivity index (χ1n) is 6.19. The molecule has 1 atom stereocenters. The van der Waals surface area contributed by atoms with Gasteiger partial charge in [-0.15, -0.1) is 11.8 Å². The lowest BCUT2D eigenvalue weighted by Crippen LogP contribution is -2.13. The van der Waals surface area contributed by atoms with E-state index < -0.39 is 4.84 Å². The standard InChI is InChI=1S/C13H15Cl2N5S/c1-7(8-3-5-9(21-2)6-4-8)17-13-19-11(10(14)15)18-12(16)20-13/h3-7,10H,1-2H3,(H3,16,17,18,19,20). The summed E-state index contributed by atoms with van der Waals surface area (Å²) >= 11 is 13.2. The molecule has 112 valence electrons. The van der Waals surface area contributed by atoms with Gasteiger partial charge in [-0.1, -0.05) is 35.3 Å². The van der Waals surface area contributed by atoms with Crippen molar-refractivity contribution < 1.29 is 0 Å². The van der Waals surface area contributed by atoms with Crippen LogP contribution in [0.25, 0.3) is 0 Å². The molecule has 2 rings (SSSR count). The Kier molecular flexibility index (Phi) is 5.50. The predicted octanol–water partition coefficient (Wildman–Crippen LogP) is 3.83. The maximum atomic E-state index is 5.76. The number of alkyl halides is 2. The predicted molar refractivity (Wildman–Crippen MR) is 88.9 cm³/mol. The average molecular weight is 344 g/mol. The zero-order valence-corrected chi connectivity index (χ0v) is 13.9. The van der Waals surface area contributed by atoms with E-state index in [0.29, 0.717) is 5.95 Å². The van der Waals surface area contributed by atoms with E-state index in [1.807, 2.05) is 13.2 Å². The third kappa shape index (κ3) is 4.36. The normalized spacial score (nSPS) is 12.4. The Morgan fingerprint density at radius 1 is 1.14 bits per heavy atom. The Hall–Kier alpha value is -1.24. The van der Waals surface area contributed by atoms with Crippen LogP contribution in [0.2, 0.25) is 0 Å². The highest BCUT2D eigenvalue weighted by atomic mass is 35.5. The van der Waals surface area contributed by atoms with E-state index in [0.717, 1.165) is 5.56 Å². The van der Waals surface area contributed by atoms with Crippen LogP contribution >= 0.6 is 35.0 Å². The molecule has 1 unspecified atom stereocenters. The van der Waals surface area contributed by atoms with Gasteiger partial charge in [-0.2, -0.15) is 15.0 Å². The van der Waals surface area contributed by atoms with Crippen LogP contribution in [0.15, 0.2) is 29.2 Å². The second-order valence-electron chi connectivity index (χ2n) is 4.32. The summed E-state index contributed by atoms with van der Waals surface area (Å²) in [5.41, 5.74) is 6.74. The zero-order chi connectivity index (χ0) is 15.4. The van der Waals surface area contributed by atoms with Crippen LogP contribution in [0.3, 0.4) is 0 Å². The van der Waals surface area contributed by atoms with Crippen molar-refractivity contribution in [3.63, 3.8) is 0 Å². The van der Waals surface area contributed by atoms with Crippen LogP contribution in [0, 0.1) is 0 Å². The van der Waals surface area contributed by atoms with Crippen molar-refractivity contribution in [1.29, 1.82) is 0 Å². The number of aromatic nitrogens is 3. The number of benzene rings is 1. The molecule has 0 amide bonds. The highest BCUT2D eigenvalue weighted by Gasteiger charge is 2.13. The second kappa shape index (κ2) is 7.15. The molecule has 5 nitrogen and oxygen atoms in total. The summed E-state index contributed by atoms with van der Waals surface area (Å²) in [5.74, 6) is 0.669. The number of nitrogens with zero attached hydrogens (tertiary/aromatic N) is 3. The number of hydrogen-bond donors (Lipinski definition) is 2. The van der Waals surface area contributed by atoms with Gasteiger partial charge in [0.05, 0.1) is 6.04 Å². The van der Waals surface area contributed by atoms with Gasteiger partial charge in [-0.05, 0) is 30.9 Å². The minimum Gasteiger partial charge on any atom is -0.368 e. The lowest BCUT2D eigenvalue weighted by Gasteiger charge is -2.15. The molecule has 2 aromatic rings. The van der Waals surface area contributed by atoms with Crippen LogP contribution in [0.1, 0.15) is 29.2 Å². The lowest BCUT2D eigenvalue weighted by atomic mass is 10.1. The molecule has 1 aromatic carbocycles. The third-order valence-corrected chi connectivity index (χ3v) is 3.96. The van der Waals surface area contributed by atoms with E-state index >= 15 is 0 Å². The van der Waals surface area contributed by atoms with E-state index in [-0.39, 0.29) is 17.8 Å². The lowest BCUT2D eigenvalue weighted by molar-refractivity contribution is 0.842. The minimum absolute atomic E-state index is 0.0136. The Bertz CT molecular complexity index is 606. The summed E-state index contributed by atoms with van der Waals surface area (Å²) in [4.78, 5) is 12.4. The summed E-state index contributed by atoms with van der Waals surface area (Å²) in [6.07, 6.45) is 2.04. The summed E-state index contributed by atoms with van der Waals surface area (Å²) in [6, 6.07) is 8.26. The molecule has 0 saturated heterocycles. The van der Waals surface area contributed by atoms with Gasteiger partial charge in [0.1, 0.15) is 0 Å². The van der Waals surface area contributed by atoms with Gasteiger partial charge in [-0.3, -0.25) is 0 Å². The molecular weight excluding hydrogens is 329 g/mol. The highest BCUT2D eigenvalue weighted by Crippen LogP contribution is 2.24. The van der Waals surface area contributed by atoms with Crippen LogP contribution in [-0.2, 0) is 0 Å². The number of anilines is 2. The van der Waals surface area contributed by atoms with E-state index in [9.17, 15) is 0 Å². The fourth-order valence-electron chi connectivity index (χ4n) is 1.74. The summed E-state index contributed by atoms with van der Waals surface area (Å²) in [6.45, 7) is 2.01. The van der Waals surface area contributed by atoms with E-state index in [4.69, 9.17) is 28.9 Å². The molecule has 0 aliphatic rings. The number of hydrogen-bond acceptors (Lipinski definition) is 6. The van der Waals surface area contributed by atoms with Gasteiger partial charge in [-0.25, -0.2) is 0 Å². The van der Waals surface area contributed by atoms with Gasteiger partial charge >= 0.3 is 0 Å². The van der Waals surface area contributed by atoms with Gasteiger partial charge in [0.15, 0.2) is 10.7 Å². The molecule has 3 N–H and O–H groups in total. The first-order chi connectivity index (χ1) is 9.99. The monoisotopic (exact) mass is 343 g/mol. The molecule has 0 fully saturated rings. The maximum Gasteiger partial charge on any atom is 0.228 e. The Labute approximate surface area is 137 Å². The van der Waals surface area contributed by atoms with Crippen molar-refractivity contribution in [1.82, 2.24) is 15.0 Å².